The Bertz CT molecular complexity index is 532. The SMILES string of the molecule is Nc1nnc(SCC2CCC(c3ccccc3)O2)s1. The van der Waals surface area contributed by atoms with Gasteiger partial charge in [-0.3, -0.25) is 0 Å². The zero-order valence-electron chi connectivity index (χ0n) is 10.4. The molecular weight excluding hydrogens is 278 g/mol. The Hall–Kier alpha value is -1.11. The first kappa shape index (κ1) is 12.9. The molecule has 0 spiro atoms. The second-order valence-corrected chi connectivity index (χ2v) is 6.73. The third kappa shape index (κ3) is 3.26. The van der Waals surface area contributed by atoms with Crippen LogP contribution in [0, 0.1) is 0 Å². The average molecular weight is 293 g/mol. The van der Waals surface area contributed by atoms with E-state index in [-0.39, 0.29) is 6.10 Å². The number of aromatic nitrogens is 2. The Labute approximate surface area is 120 Å². The van der Waals surface area contributed by atoms with Gasteiger partial charge in [0.05, 0.1) is 12.2 Å². The van der Waals surface area contributed by atoms with E-state index >= 15 is 0 Å². The second-order valence-electron chi connectivity index (χ2n) is 4.45. The maximum atomic E-state index is 6.08. The summed E-state index contributed by atoms with van der Waals surface area (Å²) in [4.78, 5) is 0. The number of ether oxygens (including phenoxy) is 1. The average Bonchev–Trinajstić information content (AvgIpc) is 3.06. The molecule has 1 aliphatic rings. The third-order valence-electron chi connectivity index (χ3n) is 3.09. The normalized spacial score (nSPS) is 22.7. The summed E-state index contributed by atoms with van der Waals surface area (Å²) >= 11 is 3.11. The zero-order valence-corrected chi connectivity index (χ0v) is 12.0. The van der Waals surface area contributed by atoms with E-state index in [1.807, 2.05) is 6.07 Å². The highest BCUT2D eigenvalue weighted by Gasteiger charge is 2.26. The molecule has 3 rings (SSSR count). The molecule has 2 unspecified atom stereocenters. The number of hydrogen-bond acceptors (Lipinski definition) is 6. The van der Waals surface area contributed by atoms with Gasteiger partial charge in [-0.1, -0.05) is 53.4 Å². The molecule has 2 heterocycles. The van der Waals surface area contributed by atoms with Crippen molar-refractivity contribution in [2.24, 2.45) is 0 Å². The standard InChI is InChI=1S/C13H15N3OS2/c14-12-15-16-13(19-12)18-8-10-6-7-11(17-10)9-4-2-1-3-5-9/h1-5,10-11H,6-8H2,(H2,14,15). The Morgan fingerprint density at radius 3 is 2.84 bits per heavy atom. The van der Waals surface area contributed by atoms with Crippen molar-refractivity contribution in [1.29, 1.82) is 0 Å². The number of nitrogens with zero attached hydrogens (tertiary/aromatic N) is 2. The van der Waals surface area contributed by atoms with Gasteiger partial charge in [0.25, 0.3) is 0 Å². The van der Waals surface area contributed by atoms with Crippen LogP contribution in [0.2, 0.25) is 0 Å². The van der Waals surface area contributed by atoms with Crippen molar-refractivity contribution < 1.29 is 4.74 Å². The highest BCUT2D eigenvalue weighted by molar-refractivity contribution is 8.01. The Morgan fingerprint density at radius 1 is 1.26 bits per heavy atom. The lowest BCUT2D eigenvalue weighted by molar-refractivity contribution is 0.0582. The van der Waals surface area contributed by atoms with Crippen LogP contribution in [0.15, 0.2) is 34.7 Å². The fraction of sp³-hybridized carbons (Fsp3) is 0.385. The fourth-order valence-corrected chi connectivity index (χ4v) is 3.89. The lowest BCUT2D eigenvalue weighted by atomic mass is 10.1. The number of thioether (sulfide) groups is 1. The van der Waals surface area contributed by atoms with E-state index in [9.17, 15) is 0 Å². The molecule has 1 saturated heterocycles. The van der Waals surface area contributed by atoms with Gasteiger partial charge < -0.3 is 10.5 Å². The maximum Gasteiger partial charge on any atom is 0.203 e. The van der Waals surface area contributed by atoms with Gasteiger partial charge in [0, 0.05) is 5.75 Å². The summed E-state index contributed by atoms with van der Waals surface area (Å²) in [6, 6.07) is 10.4. The van der Waals surface area contributed by atoms with Crippen molar-refractivity contribution in [2.75, 3.05) is 11.5 Å². The monoisotopic (exact) mass is 293 g/mol. The molecule has 1 fully saturated rings. The summed E-state index contributed by atoms with van der Waals surface area (Å²) in [5, 5.41) is 8.34. The van der Waals surface area contributed by atoms with Crippen LogP contribution >= 0.6 is 23.1 Å². The molecule has 0 aliphatic carbocycles. The molecule has 0 amide bonds. The number of hydrogen-bond donors (Lipinski definition) is 1. The number of anilines is 1. The minimum absolute atomic E-state index is 0.242. The maximum absolute atomic E-state index is 6.08. The van der Waals surface area contributed by atoms with Gasteiger partial charge in [0.2, 0.25) is 5.13 Å². The van der Waals surface area contributed by atoms with Crippen molar-refractivity contribution in [1.82, 2.24) is 10.2 Å². The summed E-state index contributed by atoms with van der Waals surface area (Å²) in [7, 11) is 0. The van der Waals surface area contributed by atoms with Gasteiger partial charge in [0.1, 0.15) is 0 Å². The van der Waals surface area contributed by atoms with Gasteiger partial charge in [-0.25, -0.2) is 0 Å². The van der Waals surface area contributed by atoms with Crippen LogP contribution < -0.4 is 5.73 Å². The number of nitrogens with two attached hydrogens (primary N) is 1. The minimum atomic E-state index is 0.242. The molecule has 0 saturated carbocycles. The van der Waals surface area contributed by atoms with E-state index < -0.39 is 0 Å². The summed E-state index contributed by atoms with van der Waals surface area (Å²) in [6.45, 7) is 0. The van der Waals surface area contributed by atoms with E-state index in [0.717, 1.165) is 22.9 Å². The predicted molar refractivity (Wildman–Crippen MR) is 78.3 cm³/mol. The van der Waals surface area contributed by atoms with Crippen molar-refractivity contribution in [3.05, 3.63) is 35.9 Å². The van der Waals surface area contributed by atoms with Gasteiger partial charge in [-0.2, -0.15) is 0 Å². The number of rotatable bonds is 4. The lowest BCUT2D eigenvalue weighted by Gasteiger charge is -2.13. The molecule has 19 heavy (non-hydrogen) atoms. The summed E-state index contributed by atoms with van der Waals surface area (Å²) in [6.07, 6.45) is 2.72. The second kappa shape index (κ2) is 5.90. The fourth-order valence-electron chi connectivity index (χ4n) is 2.18. The quantitative estimate of drug-likeness (QED) is 0.878. The van der Waals surface area contributed by atoms with E-state index in [1.165, 1.54) is 16.9 Å². The molecular formula is C13H15N3OS2. The van der Waals surface area contributed by atoms with E-state index in [1.54, 1.807) is 11.8 Å². The Kier molecular flexibility index (Phi) is 4.00. The molecule has 0 radical (unpaired) electrons. The molecule has 2 aromatic rings. The molecule has 1 aromatic heterocycles. The van der Waals surface area contributed by atoms with Crippen LogP contribution in [0.3, 0.4) is 0 Å². The molecule has 0 bridgehead atoms. The number of benzene rings is 1. The molecule has 4 nitrogen and oxygen atoms in total. The highest BCUT2D eigenvalue weighted by atomic mass is 32.2. The third-order valence-corrected chi connectivity index (χ3v) is 5.11. The molecule has 2 N–H and O–H groups in total. The predicted octanol–water partition coefficient (Wildman–Crippen LogP) is 3.13. The topological polar surface area (TPSA) is 61.0 Å². The number of nitrogen functional groups attached to an aromatic ring is 1. The largest absolute Gasteiger partial charge is 0.374 e. The van der Waals surface area contributed by atoms with Gasteiger partial charge in [-0.15, -0.1) is 10.2 Å². The highest BCUT2D eigenvalue weighted by Crippen LogP contribution is 2.35. The Balaban J connectivity index is 1.52. The first-order valence-electron chi connectivity index (χ1n) is 6.23. The molecule has 6 heteroatoms. The van der Waals surface area contributed by atoms with Crippen LogP contribution in [-0.2, 0) is 4.74 Å². The lowest BCUT2D eigenvalue weighted by Crippen LogP contribution is -2.09. The van der Waals surface area contributed by atoms with E-state index in [4.69, 9.17) is 10.5 Å². The van der Waals surface area contributed by atoms with Crippen LogP contribution in [-0.4, -0.2) is 22.1 Å². The van der Waals surface area contributed by atoms with Crippen LogP contribution in [0.4, 0.5) is 5.13 Å². The van der Waals surface area contributed by atoms with Gasteiger partial charge in [-0.05, 0) is 18.4 Å². The summed E-state index contributed by atoms with van der Waals surface area (Å²) < 4.78 is 7.00. The minimum Gasteiger partial charge on any atom is -0.374 e. The van der Waals surface area contributed by atoms with Crippen LogP contribution in [0.25, 0.3) is 0 Å². The molecule has 2 atom stereocenters. The molecule has 1 aliphatic heterocycles. The first-order chi connectivity index (χ1) is 9.31. The van der Waals surface area contributed by atoms with E-state index in [0.29, 0.717) is 11.2 Å². The smallest absolute Gasteiger partial charge is 0.203 e. The van der Waals surface area contributed by atoms with E-state index in [2.05, 4.69) is 34.5 Å². The van der Waals surface area contributed by atoms with Crippen molar-refractivity contribution in [3.63, 3.8) is 0 Å². The molecule has 100 valence electrons. The Morgan fingerprint density at radius 2 is 2.11 bits per heavy atom. The van der Waals surface area contributed by atoms with Gasteiger partial charge in [0.15, 0.2) is 4.34 Å². The zero-order chi connectivity index (χ0) is 13.1. The van der Waals surface area contributed by atoms with Crippen molar-refractivity contribution in [3.8, 4) is 0 Å². The summed E-state index contributed by atoms with van der Waals surface area (Å²) in [5.41, 5.74) is 6.83. The van der Waals surface area contributed by atoms with Crippen LogP contribution in [0.5, 0.6) is 0 Å². The van der Waals surface area contributed by atoms with Crippen LogP contribution in [0.1, 0.15) is 24.5 Å². The van der Waals surface area contributed by atoms with Crippen molar-refractivity contribution in [2.45, 2.75) is 29.4 Å². The van der Waals surface area contributed by atoms with Gasteiger partial charge >= 0.3 is 0 Å². The van der Waals surface area contributed by atoms with Crippen molar-refractivity contribution >= 4 is 28.2 Å². The summed E-state index contributed by atoms with van der Waals surface area (Å²) in [5.74, 6) is 0.915. The first-order valence-corrected chi connectivity index (χ1v) is 8.03. The molecule has 1 aromatic carbocycles.